The number of urea groups is 1. The normalized spacial score (nSPS) is 16.5. The largest absolute Gasteiger partial charge is 0.337 e. The molecule has 0 saturated carbocycles. The molecule has 1 aliphatic rings. The number of carbonyl (C=O) groups excluding carboxylic acids is 1. The summed E-state index contributed by atoms with van der Waals surface area (Å²) in [4.78, 5) is 19.1. The number of hydrogen-bond acceptors (Lipinski definition) is 4. The number of aromatic nitrogens is 2. The van der Waals surface area contributed by atoms with Crippen molar-refractivity contribution in [2.24, 2.45) is 0 Å². The number of amides is 2. The van der Waals surface area contributed by atoms with Gasteiger partial charge in [-0.05, 0) is 49.9 Å². The summed E-state index contributed by atoms with van der Waals surface area (Å²) in [6.07, 6.45) is 1.73. The fourth-order valence-corrected chi connectivity index (χ4v) is 3.36. The predicted molar refractivity (Wildman–Crippen MR) is 103 cm³/mol. The standard InChI is InChI=1S/C21H22N4O2/c1-14-10-11-17(13-15(14)2)22-21(26)25-12-6-9-18(25)20-23-19(24-27-20)16-7-4-3-5-8-16/h3-5,7-8,10-11,13,18H,6,9,12H2,1-2H3,(H,22,26)/t18-/m1/s1. The molecule has 27 heavy (non-hydrogen) atoms. The number of rotatable bonds is 3. The van der Waals surface area contributed by atoms with E-state index in [1.807, 2.05) is 55.5 Å². The van der Waals surface area contributed by atoms with Crippen molar-refractivity contribution in [1.29, 1.82) is 0 Å². The van der Waals surface area contributed by atoms with Crippen LogP contribution in [0.3, 0.4) is 0 Å². The fraction of sp³-hybridized carbons (Fsp3) is 0.286. The average Bonchev–Trinajstić information content (AvgIpc) is 3.34. The minimum absolute atomic E-state index is 0.139. The van der Waals surface area contributed by atoms with Crippen LogP contribution < -0.4 is 5.32 Å². The number of nitrogens with one attached hydrogen (secondary N) is 1. The van der Waals surface area contributed by atoms with Crippen LogP contribution in [0.4, 0.5) is 10.5 Å². The van der Waals surface area contributed by atoms with E-state index in [4.69, 9.17) is 4.52 Å². The molecule has 1 fully saturated rings. The van der Waals surface area contributed by atoms with Gasteiger partial charge in [-0.1, -0.05) is 41.6 Å². The van der Waals surface area contributed by atoms with Crippen LogP contribution in [-0.4, -0.2) is 27.6 Å². The molecule has 0 spiro atoms. The summed E-state index contributed by atoms with van der Waals surface area (Å²) >= 11 is 0. The van der Waals surface area contributed by atoms with E-state index in [9.17, 15) is 4.79 Å². The van der Waals surface area contributed by atoms with Crippen molar-refractivity contribution < 1.29 is 9.32 Å². The molecule has 4 rings (SSSR count). The van der Waals surface area contributed by atoms with Crippen LogP contribution in [-0.2, 0) is 0 Å². The lowest BCUT2D eigenvalue weighted by molar-refractivity contribution is 0.193. The predicted octanol–water partition coefficient (Wildman–Crippen LogP) is 4.72. The fourth-order valence-electron chi connectivity index (χ4n) is 3.36. The van der Waals surface area contributed by atoms with Gasteiger partial charge < -0.3 is 14.7 Å². The summed E-state index contributed by atoms with van der Waals surface area (Å²) in [5, 5.41) is 7.07. The first-order valence-electron chi connectivity index (χ1n) is 9.16. The first-order chi connectivity index (χ1) is 13.1. The maximum atomic E-state index is 12.8. The Morgan fingerprint density at radius 1 is 1.15 bits per heavy atom. The van der Waals surface area contributed by atoms with Crippen LogP contribution in [0.1, 0.15) is 35.9 Å². The lowest BCUT2D eigenvalue weighted by Crippen LogP contribution is -2.34. The third-order valence-corrected chi connectivity index (χ3v) is 5.03. The summed E-state index contributed by atoms with van der Waals surface area (Å²) in [5.41, 5.74) is 4.04. The highest BCUT2D eigenvalue weighted by Crippen LogP contribution is 2.32. The van der Waals surface area contributed by atoms with E-state index in [1.165, 1.54) is 5.56 Å². The minimum atomic E-state index is -0.193. The molecule has 1 saturated heterocycles. The maximum Gasteiger partial charge on any atom is 0.322 e. The zero-order valence-electron chi connectivity index (χ0n) is 15.5. The second-order valence-corrected chi connectivity index (χ2v) is 6.90. The number of anilines is 1. The van der Waals surface area contributed by atoms with Crippen molar-refractivity contribution in [3.8, 4) is 11.4 Å². The van der Waals surface area contributed by atoms with Gasteiger partial charge in [0.2, 0.25) is 11.7 Å². The van der Waals surface area contributed by atoms with Crippen LogP contribution in [0, 0.1) is 13.8 Å². The molecule has 2 amide bonds. The number of likely N-dealkylation sites (tertiary alicyclic amines) is 1. The van der Waals surface area contributed by atoms with E-state index in [-0.39, 0.29) is 12.1 Å². The topological polar surface area (TPSA) is 71.3 Å². The molecule has 1 N–H and O–H groups in total. The van der Waals surface area contributed by atoms with E-state index in [0.717, 1.165) is 29.7 Å². The van der Waals surface area contributed by atoms with Crippen molar-refractivity contribution in [2.45, 2.75) is 32.7 Å². The van der Waals surface area contributed by atoms with E-state index < -0.39 is 0 Å². The van der Waals surface area contributed by atoms with Crippen molar-refractivity contribution in [3.63, 3.8) is 0 Å². The van der Waals surface area contributed by atoms with Gasteiger partial charge in [-0.15, -0.1) is 0 Å². The quantitative estimate of drug-likeness (QED) is 0.732. The van der Waals surface area contributed by atoms with Crippen molar-refractivity contribution in [3.05, 3.63) is 65.5 Å². The first kappa shape index (κ1) is 17.3. The molecule has 0 bridgehead atoms. The Kier molecular flexibility index (Phi) is 4.62. The smallest absolute Gasteiger partial charge is 0.322 e. The van der Waals surface area contributed by atoms with Crippen LogP contribution in [0.25, 0.3) is 11.4 Å². The zero-order valence-corrected chi connectivity index (χ0v) is 15.5. The molecule has 0 aliphatic carbocycles. The monoisotopic (exact) mass is 362 g/mol. The van der Waals surface area contributed by atoms with Gasteiger partial charge >= 0.3 is 6.03 Å². The molecule has 0 unspecified atom stereocenters. The molecule has 6 heteroatoms. The number of aryl methyl sites for hydroxylation is 2. The molecule has 1 aliphatic heterocycles. The lowest BCUT2D eigenvalue weighted by Gasteiger charge is -2.22. The molecule has 2 heterocycles. The van der Waals surface area contributed by atoms with Gasteiger partial charge in [-0.3, -0.25) is 0 Å². The van der Waals surface area contributed by atoms with Gasteiger partial charge in [0.15, 0.2) is 0 Å². The summed E-state index contributed by atoms with van der Waals surface area (Å²) < 4.78 is 5.49. The Balaban J connectivity index is 1.51. The highest BCUT2D eigenvalue weighted by Gasteiger charge is 2.34. The molecule has 0 radical (unpaired) electrons. The Hall–Kier alpha value is -3.15. The number of benzene rings is 2. The SMILES string of the molecule is Cc1ccc(NC(=O)N2CCC[C@@H]2c2nc(-c3ccccc3)no2)cc1C. The van der Waals surface area contributed by atoms with Crippen LogP contribution in [0.15, 0.2) is 53.1 Å². The summed E-state index contributed by atoms with van der Waals surface area (Å²) in [6, 6.07) is 15.3. The van der Waals surface area contributed by atoms with Gasteiger partial charge in [-0.2, -0.15) is 4.98 Å². The third-order valence-electron chi connectivity index (χ3n) is 5.03. The summed E-state index contributed by atoms with van der Waals surface area (Å²) in [5.74, 6) is 1.04. The van der Waals surface area contributed by atoms with E-state index in [2.05, 4.69) is 22.4 Å². The first-order valence-corrected chi connectivity index (χ1v) is 9.16. The number of nitrogens with zero attached hydrogens (tertiary/aromatic N) is 3. The maximum absolute atomic E-state index is 12.8. The van der Waals surface area contributed by atoms with Gasteiger partial charge in [-0.25, -0.2) is 4.79 Å². The average molecular weight is 362 g/mol. The Bertz CT molecular complexity index is 952. The lowest BCUT2D eigenvalue weighted by atomic mass is 10.1. The van der Waals surface area contributed by atoms with Gasteiger partial charge in [0.1, 0.15) is 6.04 Å². The van der Waals surface area contributed by atoms with Gasteiger partial charge in [0, 0.05) is 17.8 Å². The second-order valence-electron chi connectivity index (χ2n) is 6.90. The molecule has 3 aromatic rings. The summed E-state index contributed by atoms with van der Waals surface area (Å²) in [7, 11) is 0. The van der Waals surface area contributed by atoms with Crippen LogP contribution in [0.2, 0.25) is 0 Å². The Morgan fingerprint density at radius 3 is 2.74 bits per heavy atom. The molecule has 138 valence electrons. The highest BCUT2D eigenvalue weighted by atomic mass is 16.5. The minimum Gasteiger partial charge on any atom is -0.337 e. The second kappa shape index (κ2) is 7.23. The molecule has 2 aromatic carbocycles. The number of hydrogen-bond donors (Lipinski definition) is 1. The number of carbonyl (C=O) groups is 1. The summed E-state index contributed by atoms with van der Waals surface area (Å²) in [6.45, 7) is 4.76. The van der Waals surface area contributed by atoms with Gasteiger partial charge in [0.05, 0.1) is 0 Å². The van der Waals surface area contributed by atoms with Crippen LogP contribution in [0.5, 0.6) is 0 Å². The van der Waals surface area contributed by atoms with Crippen LogP contribution >= 0.6 is 0 Å². The molecule has 6 nitrogen and oxygen atoms in total. The molecular formula is C21H22N4O2. The molecule has 1 atom stereocenters. The Morgan fingerprint density at radius 2 is 1.96 bits per heavy atom. The van der Waals surface area contributed by atoms with E-state index in [1.54, 1.807) is 4.90 Å². The van der Waals surface area contributed by atoms with Crippen molar-refractivity contribution in [1.82, 2.24) is 15.0 Å². The van der Waals surface area contributed by atoms with E-state index in [0.29, 0.717) is 18.3 Å². The zero-order chi connectivity index (χ0) is 18.8. The Labute approximate surface area is 158 Å². The van der Waals surface area contributed by atoms with Crippen molar-refractivity contribution in [2.75, 3.05) is 11.9 Å². The van der Waals surface area contributed by atoms with E-state index >= 15 is 0 Å². The molecular weight excluding hydrogens is 340 g/mol. The van der Waals surface area contributed by atoms with Crippen molar-refractivity contribution >= 4 is 11.7 Å². The molecule has 1 aromatic heterocycles. The third kappa shape index (κ3) is 3.56. The van der Waals surface area contributed by atoms with Gasteiger partial charge in [0.25, 0.3) is 0 Å². The highest BCUT2D eigenvalue weighted by molar-refractivity contribution is 5.89.